The molecule has 1 aliphatic heterocycles. The number of carbonyl (C=O) groups excluding carboxylic acids is 2. The number of nitrogens with one attached hydrogen (secondary N) is 1. The minimum atomic E-state index is -5.17. The van der Waals surface area contributed by atoms with Gasteiger partial charge in [-0.1, -0.05) is 0 Å². The predicted molar refractivity (Wildman–Crippen MR) is 90.7 cm³/mol. The highest BCUT2D eigenvalue weighted by molar-refractivity contribution is 5.98. The Morgan fingerprint density at radius 2 is 1.96 bits per heavy atom. The van der Waals surface area contributed by atoms with Gasteiger partial charge in [-0.2, -0.15) is 17.9 Å². The minimum absolute atomic E-state index is 0.149. The van der Waals surface area contributed by atoms with E-state index in [0.717, 1.165) is 4.73 Å². The van der Waals surface area contributed by atoms with E-state index >= 15 is 0 Å². The Bertz CT molecular complexity index is 1050. The lowest BCUT2D eigenvalue weighted by molar-refractivity contribution is -0.199. The number of rotatable bonds is 3. The Morgan fingerprint density at radius 3 is 2.68 bits per heavy atom. The van der Waals surface area contributed by atoms with Crippen molar-refractivity contribution < 1.29 is 27.6 Å². The number of amides is 1. The van der Waals surface area contributed by atoms with E-state index < -0.39 is 18.1 Å². The zero-order valence-electron chi connectivity index (χ0n) is 14.2. The summed E-state index contributed by atoms with van der Waals surface area (Å²) < 4.78 is 40.8. The van der Waals surface area contributed by atoms with E-state index in [2.05, 4.69) is 15.1 Å². The van der Waals surface area contributed by atoms with Crippen molar-refractivity contribution >= 4 is 11.9 Å². The van der Waals surface area contributed by atoms with Gasteiger partial charge in [-0.25, -0.2) is 9.78 Å². The number of aromatic nitrogens is 3. The van der Waals surface area contributed by atoms with Crippen LogP contribution in [0.25, 0.3) is 17.1 Å². The van der Waals surface area contributed by atoms with Gasteiger partial charge in [0.1, 0.15) is 5.82 Å². The normalized spacial score (nSPS) is 13.8. The van der Waals surface area contributed by atoms with Crippen LogP contribution >= 0.6 is 0 Å². The average molecular weight is 390 g/mol. The first-order chi connectivity index (χ1) is 13.3. The Balaban J connectivity index is 1.84. The Kier molecular flexibility index (Phi) is 4.17. The molecule has 0 atom stereocenters. The lowest BCUT2D eigenvalue weighted by atomic mass is 10.1. The molecule has 28 heavy (non-hydrogen) atoms. The van der Waals surface area contributed by atoms with Gasteiger partial charge in [0.25, 0.3) is 5.91 Å². The average Bonchev–Trinajstić information content (AvgIpc) is 3.30. The molecule has 3 aromatic rings. The molecule has 1 amide bonds. The zero-order chi connectivity index (χ0) is 19.9. The topological polar surface area (TPSA) is 78.2 Å². The van der Waals surface area contributed by atoms with Crippen LogP contribution in [0.4, 0.5) is 13.2 Å². The third kappa shape index (κ3) is 3.13. The van der Waals surface area contributed by atoms with Gasteiger partial charge in [0.05, 0.1) is 17.0 Å². The van der Waals surface area contributed by atoms with Gasteiger partial charge in [-0.15, -0.1) is 0 Å². The molecule has 4 rings (SSSR count). The highest BCUT2D eigenvalue weighted by atomic mass is 19.4. The van der Waals surface area contributed by atoms with Crippen molar-refractivity contribution in [3.8, 4) is 17.1 Å². The number of fused-ring (bicyclic) bond motifs is 1. The number of hydrogen-bond acceptors (Lipinski definition) is 4. The van der Waals surface area contributed by atoms with E-state index in [-0.39, 0.29) is 29.9 Å². The zero-order valence-corrected chi connectivity index (χ0v) is 14.2. The standard InChI is InChI=1S/C18H13F3N4O3/c19-18(20,21)17(27)28-25-13-4-6-23-16(26)12(13)10-14(25)11-3-5-22-15(9-11)24-7-1-2-8-24/h1-3,5,7-10H,4,6H2,(H,23,26). The Labute approximate surface area is 156 Å². The van der Waals surface area contributed by atoms with Gasteiger partial charge in [-0.05, 0) is 30.3 Å². The van der Waals surface area contributed by atoms with Crippen molar-refractivity contribution in [2.24, 2.45) is 0 Å². The molecular weight excluding hydrogens is 377 g/mol. The van der Waals surface area contributed by atoms with Crippen LogP contribution in [0, 0.1) is 0 Å². The highest BCUT2D eigenvalue weighted by Gasteiger charge is 2.43. The second-order valence-corrected chi connectivity index (χ2v) is 6.06. The van der Waals surface area contributed by atoms with Crippen molar-refractivity contribution in [2.45, 2.75) is 12.6 Å². The molecule has 0 spiro atoms. The molecule has 7 nitrogen and oxygen atoms in total. The number of halogens is 3. The van der Waals surface area contributed by atoms with Gasteiger partial charge in [0.15, 0.2) is 0 Å². The Hall–Kier alpha value is -3.56. The fourth-order valence-corrected chi connectivity index (χ4v) is 3.00. The summed E-state index contributed by atoms with van der Waals surface area (Å²) in [5, 5.41) is 2.62. The highest BCUT2D eigenvalue weighted by Crippen LogP contribution is 2.29. The second kappa shape index (κ2) is 6.55. The molecule has 1 N–H and O–H groups in total. The van der Waals surface area contributed by atoms with Crippen LogP contribution in [0.3, 0.4) is 0 Å². The van der Waals surface area contributed by atoms with Crippen LogP contribution in [0.1, 0.15) is 16.1 Å². The Morgan fingerprint density at radius 1 is 1.21 bits per heavy atom. The first-order valence-corrected chi connectivity index (χ1v) is 8.26. The summed E-state index contributed by atoms with van der Waals surface area (Å²) in [7, 11) is 0. The van der Waals surface area contributed by atoms with E-state index in [0.29, 0.717) is 11.4 Å². The quantitative estimate of drug-likeness (QED) is 0.743. The number of hydrogen-bond donors (Lipinski definition) is 1. The van der Waals surface area contributed by atoms with Crippen molar-refractivity contribution in [3.63, 3.8) is 0 Å². The lowest BCUT2D eigenvalue weighted by Crippen LogP contribution is -2.37. The summed E-state index contributed by atoms with van der Waals surface area (Å²) >= 11 is 0. The van der Waals surface area contributed by atoms with Crippen LogP contribution in [0.15, 0.2) is 48.9 Å². The van der Waals surface area contributed by atoms with Crippen molar-refractivity contribution in [3.05, 3.63) is 60.2 Å². The monoisotopic (exact) mass is 390 g/mol. The number of alkyl halides is 3. The van der Waals surface area contributed by atoms with Gasteiger partial charge in [0.2, 0.25) is 0 Å². The molecule has 0 saturated heterocycles. The van der Waals surface area contributed by atoms with E-state index in [1.807, 2.05) is 0 Å². The molecule has 0 aliphatic carbocycles. The molecule has 144 valence electrons. The molecule has 0 saturated carbocycles. The largest absolute Gasteiger partial charge is 0.493 e. The second-order valence-electron chi connectivity index (χ2n) is 6.06. The van der Waals surface area contributed by atoms with Crippen molar-refractivity contribution in [1.29, 1.82) is 0 Å². The molecule has 10 heteroatoms. The summed E-state index contributed by atoms with van der Waals surface area (Å²) in [5.41, 5.74) is 0.956. The van der Waals surface area contributed by atoms with Crippen LogP contribution in [0.2, 0.25) is 0 Å². The summed E-state index contributed by atoms with van der Waals surface area (Å²) in [4.78, 5) is 32.4. The maximum Gasteiger partial charge on any atom is 0.493 e. The van der Waals surface area contributed by atoms with Gasteiger partial charge in [-0.3, -0.25) is 4.79 Å². The first kappa shape index (κ1) is 17.8. The van der Waals surface area contributed by atoms with Gasteiger partial charge >= 0.3 is 12.1 Å². The number of nitrogens with zero attached hydrogens (tertiary/aromatic N) is 3. The third-order valence-corrected chi connectivity index (χ3v) is 4.26. The maximum atomic E-state index is 12.8. The first-order valence-electron chi connectivity index (χ1n) is 8.26. The summed E-state index contributed by atoms with van der Waals surface area (Å²) in [6.45, 7) is 0.226. The van der Waals surface area contributed by atoms with Crippen LogP contribution in [-0.4, -0.2) is 38.9 Å². The van der Waals surface area contributed by atoms with Gasteiger partial charge < -0.3 is 14.7 Å². The van der Waals surface area contributed by atoms with Crippen LogP contribution < -0.4 is 10.2 Å². The van der Waals surface area contributed by atoms with Crippen molar-refractivity contribution in [2.75, 3.05) is 6.54 Å². The van der Waals surface area contributed by atoms with E-state index in [4.69, 9.17) is 0 Å². The molecule has 0 bridgehead atoms. The predicted octanol–water partition coefficient (Wildman–Crippen LogP) is 2.14. The fraction of sp³-hybridized carbons (Fsp3) is 0.167. The molecule has 1 aliphatic rings. The summed E-state index contributed by atoms with van der Waals surface area (Å²) in [5.74, 6) is -2.29. The van der Waals surface area contributed by atoms with Crippen LogP contribution in [-0.2, 0) is 11.2 Å². The molecule has 4 heterocycles. The molecule has 0 fully saturated rings. The van der Waals surface area contributed by atoms with E-state index in [1.165, 1.54) is 12.3 Å². The molecular formula is C18H13F3N4O3. The van der Waals surface area contributed by atoms with Gasteiger partial charge in [0, 0.05) is 37.1 Å². The van der Waals surface area contributed by atoms with E-state index in [9.17, 15) is 22.8 Å². The minimum Gasteiger partial charge on any atom is -0.352 e. The van der Waals surface area contributed by atoms with Crippen molar-refractivity contribution in [1.82, 2.24) is 19.6 Å². The summed E-state index contributed by atoms with van der Waals surface area (Å²) in [6.07, 6.45) is 0.0505. The maximum absolute atomic E-state index is 12.8. The van der Waals surface area contributed by atoms with E-state index in [1.54, 1.807) is 41.2 Å². The third-order valence-electron chi connectivity index (χ3n) is 4.26. The molecule has 0 aromatic carbocycles. The fourth-order valence-electron chi connectivity index (χ4n) is 3.00. The molecule has 0 radical (unpaired) electrons. The smallest absolute Gasteiger partial charge is 0.352 e. The molecule has 0 unspecified atom stereocenters. The number of pyridine rings is 1. The van der Waals surface area contributed by atoms with Crippen LogP contribution in [0.5, 0.6) is 0 Å². The summed E-state index contributed by atoms with van der Waals surface area (Å²) in [6, 6.07) is 8.18. The number of carbonyl (C=O) groups is 2. The SMILES string of the molecule is O=C1NCCc2c1cc(-c1ccnc(-n3cccc3)c1)n2OC(=O)C(F)(F)F. The lowest BCUT2D eigenvalue weighted by Gasteiger charge is -2.17. The molecule has 3 aromatic heterocycles.